The van der Waals surface area contributed by atoms with Crippen molar-refractivity contribution >= 4 is 28.4 Å². The Kier molecular flexibility index (Phi) is 5.18. The van der Waals surface area contributed by atoms with Gasteiger partial charge in [-0.1, -0.05) is 6.92 Å². The Morgan fingerprint density at radius 3 is 2.57 bits per heavy atom. The Balaban J connectivity index is 1.60. The number of hydrogen-bond acceptors (Lipinski definition) is 3. The number of aromatic nitrogens is 2. The number of H-pyrrole nitrogens is 1. The largest absolute Gasteiger partial charge is 0.382 e. The molecule has 0 spiro atoms. The molecule has 0 unspecified atom stereocenters. The van der Waals surface area contributed by atoms with Gasteiger partial charge in [-0.25, -0.2) is 0 Å². The lowest BCUT2D eigenvalue weighted by molar-refractivity contribution is 0.361. The quantitative estimate of drug-likeness (QED) is 0.524. The van der Waals surface area contributed by atoms with Crippen LogP contribution in [0, 0.1) is 12.8 Å². The van der Waals surface area contributed by atoms with Gasteiger partial charge in [0, 0.05) is 57.3 Å². The molecule has 3 aromatic rings. The first-order valence-corrected chi connectivity index (χ1v) is 12.1. The highest BCUT2D eigenvalue weighted by atomic mass is 32.2. The van der Waals surface area contributed by atoms with Crippen LogP contribution in [0.1, 0.15) is 51.1 Å². The van der Waals surface area contributed by atoms with E-state index in [0.717, 1.165) is 27.8 Å². The third-order valence-corrected chi connectivity index (χ3v) is 7.91. The molecule has 2 saturated carbocycles. The smallest absolute Gasteiger partial charge is 0.274 e. The van der Waals surface area contributed by atoms with Gasteiger partial charge in [-0.3, -0.25) is 4.79 Å². The van der Waals surface area contributed by atoms with E-state index in [1.165, 1.54) is 54.7 Å². The average molecular weight is 422 g/mol. The molecule has 0 bridgehead atoms. The number of aryl methyl sites for hydroxylation is 2. The number of aromatic amines is 1. The van der Waals surface area contributed by atoms with Crippen molar-refractivity contribution in [3.05, 3.63) is 46.5 Å². The summed E-state index contributed by atoms with van der Waals surface area (Å²) in [7, 11) is 1.85. The van der Waals surface area contributed by atoms with Gasteiger partial charge in [0.05, 0.1) is 0 Å². The van der Waals surface area contributed by atoms with Gasteiger partial charge < -0.3 is 14.9 Å². The normalized spacial score (nSPS) is 21.8. The maximum atomic E-state index is 12.7. The van der Waals surface area contributed by atoms with Crippen LogP contribution in [-0.2, 0) is 7.05 Å². The maximum Gasteiger partial charge on any atom is 0.274 e. The van der Waals surface area contributed by atoms with Crippen molar-refractivity contribution in [2.45, 2.75) is 68.6 Å². The third kappa shape index (κ3) is 3.92. The van der Waals surface area contributed by atoms with E-state index in [4.69, 9.17) is 0 Å². The van der Waals surface area contributed by atoms with Gasteiger partial charge in [0.25, 0.3) is 5.56 Å². The van der Waals surface area contributed by atoms with Gasteiger partial charge in [-0.05, 0) is 75.6 Å². The third-order valence-electron chi connectivity index (χ3n) is 6.58. The lowest BCUT2D eigenvalue weighted by Crippen LogP contribution is -2.25. The zero-order chi connectivity index (χ0) is 20.8. The summed E-state index contributed by atoms with van der Waals surface area (Å²) in [6.07, 6.45) is 9.69. The van der Waals surface area contributed by atoms with Gasteiger partial charge in [0.2, 0.25) is 0 Å². The molecule has 2 aromatic heterocycles. The highest BCUT2D eigenvalue weighted by molar-refractivity contribution is 8.00. The number of anilines is 1. The SMILES string of the molecule is Cc1cc2c(-c3cc(SC4CC4)ccc3NC3CCC(C)CC3)cn(C)c(=O)c2[nH]1. The fourth-order valence-electron chi connectivity index (χ4n) is 4.63. The first kappa shape index (κ1) is 19.8. The van der Waals surface area contributed by atoms with Gasteiger partial charge in [-0.2, -0.15) is 0 Å². The Morgan fingerprint density at radius 1 is 1.07 bits per heavy atom. The molecular formula is C25H31N3OS. The lowest BCUT2D eigenvalue weighted by Gasteiger charge is -2.29. The molecule has 2 heterocycles. The van der Waals surface area contributed by atoms with Crippen LogP contribution >= 0.6 is 11.8 Å². The summed E-state index contributed by atoms with van der Waals surface area (Å²) in [5, 5.41) is 5.65. The Hall–Kier alpha value is -2.14. The molecule has 158 valence electrons. The maximum absolute atomic E-state index is 12.7. The van der Waals surface area contributed by atoms with Gasteiger partial charge in [0.1, 0.15) is 5.52 Å². The molecule has 4 nitrogen and oxygen atoms in total. The van der Waals surface area contributed by atoms with Crippen LogP contribution in [0.25, 0.3) is 22.0 Å². The van der Waals surface area contributed by atoms with E-state index >= 15 is 0 Å². The Bertz CT molecular complexity index is 1130. The van der Waals surface area contributed by atoms with Crippen molar-refractivity contribution in [2.75, 3.05) is 5.32 Å². The molecule has 30 heavy (non-hydrogen) atoms. The first-order chi connectivity index (χ1) is 14.5. The summed E-state index contributed by atoms with van der Waals surface area (Å²) in [6.45, 7) is 4.38. The Labute approximate surface area is 182 Å². The van der Waals surface area contributed by atoms with Crippen LogP contribution in [0.15, 0.2) is 40.2 Å². The highest BCUT2D eigenvalue weighted by Gasteiger charge is 2.24. The number of rotatable bonds is 5. The molecule has 0 aliphatic heterocycles. The summed E-state index contributed by atoms with van der Waals surface area (Å²) in [5.41, 5.74) is 5.27. The van der Waals surface area contributed by atoms with E-state index in [1.54, 1.807) is 4.57 Å². The molecule has 0 saturated heterocycles. The lowest BCUT2D eigenvalue weighted by atomic mass is 9.87. The van der Waals surface area contributed by atoms with Crippen LogP contribution in [0.4, 0.5) is 5.69 Å². The summed E-state index contributed by atoms with van der Waals surface area (Å²) in [6, 6.07) is 9.49. The van der Waals surface area contributed by atoms with Crippen LogP contribution in [0.3, 0.4) is 0 Å². The second kappa shape index (κ2) is 7.84. The van der Waals surface area contributed by atoms with Gasteiger partial charge in [0.15, 0.2) is 0 Å². The molecular weight excluding hydrogens is 390 g/mol. The van der Waals surface area contributed by atoms with E-state index in [9.17, 15) is 4.79 Å². The monoisotopic (exact) mass is 421 g/mol. The Morgan fingerprint density at radius 2 is 1.83 bits per heavy atom. The van der Waals surface area contributed by atoms with Crippen LogP contribution in [0.2, 0.25) is 0 Å². The van der Waals surface area contributed by atoms with Crippen molar-refractivity contribution in [3.63, 3.8) is 0 Å². The van der Waals surface area contributed by atoms with Crippen molar-refractivity contribution in [2.24, 2.45) is 13.0 Å². The number of hydrogen-bond donors (Lipinski definition) is 2. The first-order valence-electron chi connectivity index (χ1n) is 11.2. The molecule has 0 atom stereocenters. The van der Waals surface area contributed by atoms with E-state index in [1.807, 2.05) is 31.9 Å². The minimum atomic E-state index is 0.0288. The molecule has 0 amide bonds. The zero-order valence-corrected chi connectivity index (χ0v) is 18.9. The van der Waals surface area contributed by atoms with E-state index in [2.05, 4.69) is 41.5 Å². The second-order valence-corrected chi connectivity index (χ2v) is 10.7. The van der Waals surface area contributed by atoms with Crippen molar-refractivity contribution in [3.8, 4) is 11.1 Å². The molecule has 2 aliphatic rings. The van der Waals surface area contributed by atoms with Gasteiger partial charge in [-0.15, -0.1) is 11.8 Å². The number of thioether (sulfide) groups is 1. The summed E-state index contributed by atoms with van der Waals surface area (Å²) >= 11 is 1.99. The van der Waals surface area contributed by atoms with Crippen molar-refractivity contribution in [1.29, 1.82) is 0 Å². The molecule has 5 rings (SSSR count). The van der Waals surface area contributed by atoms with Crippen molar-refractivity contribution in [1.82, 2.24) is 9.55 Å². The van der Waals surface area contributed by atoms with E-state index < -0.39 is 0 Å². The predicted molar refractivity (Wildman–Crippen MR) is 128 cm³/mol. The number of nitrogens with zero attached hydrogens (tertiary/aromatic N) is 1. The van der Waals surface area contributed by atoms with E-state index in [0.29, 0.717) is 11.6 Å². The minimum Gasteiger partial charge on any atom is -0.382 e. The second-order valence-electron chi connectivity index (χ2n) is 9.33. The molecule has 1 aromatic carbocycles. The minimum absolute atomic E-state index is 0.0288. The number of pyridine rings is 1. The summed E-state index contributed by atoms with van der Waals surface area (Å²) in [4.78, 5) is 17.3. The summed E-state index contributed by atoms with van der Waals surface area (Å²) in [5.74, 6) is 0.839. The van der Waals surface area contributed by atoms with Gasteiger partial charge >= 0.3 is 0 Å². The number of benzene rings is 1. The topological polar surface area (TPSA) is 49.8 Å². The molecule has 5 heteroatoms. The summed E-state index contributed by atoms with van der Waals surface area (Å²) < 4.78 is 1.71. The van der Waals surface area contributed by atoms with Crippen LogP contribution in [-0.4, -0.2) is 20.8 Å². The fraction of sp³-hybridized carbons (Fsp3) is 0.480. The predicted octanol–water partition coefficient (Wildman–Crippen LogP) is 6.09. The molecule has 2 aliphatic carbocycles. The van der Waals surface area contributed by atoms with E-state index in [-0.39, 0.29) is 5.56 Å². The standard InChI is InChI=1S/C25H31N3OS/c1-15-4-6-17(7-5-15)27-23-11-10-19(30-18-8-9-18)13-20(23)22-14-28(3)25(29)24-21(22)12-16(2)26-24/h10-15,17-18,26-27H,4-9H2,1-3H3. The molecule has 2 fully saturated rings. The molecule has 2 N–H and O–H groups in total. The highest BCUT2D eigenvalue weighted by Crippen LogP contribution is 2.43. The number of nitrogens with one attached hydrogen (secondary N) is 2. The zero-order valence-electron chi connectivity index (χ0n) is 18.1. The average Bonchev–Trinajstić information content (AvgIpc) is 3.45. The fourth-order valence-corrected chi connectivity index (χ4v) is 5.72. The van der Waals surface area contributed by atoms with Crippen LogP contribution in [0.5, 0.6) is 0 Å². The number of fused-ring (bicyclic) bond motifs is 1. The van der Waals surface area contributed by atoms with Crippen LogP contribution < -0.4 is 10.9 Å². The van der Waals surface area contributed by atoms with Crippen molar-refractivity contribution < 1.29 is 0 Å². The molecule has 0 radical (unpaired) electrons.